The number of benzene rings is 1. The van der Waals surface area contributed by atoms with E-state index in [-0.39, 0.29) is 18.2 Å². The molecule has 0 saturated carbocycles. The summed E-state index contributed by atoms with van der Waals surface area (Å²) < 4.78 is 28.3. The molecule has 2 aliphatic rings. The van der Waals surface area contributed by atoms with E-state index in [9.17, 15) is 18.7 Å². The fraction of sp³-hybridized carbons (Fsp3) is 0.611. The third-order valence-electron chi connectivity index (χ3n) is 5.80. The molecule has 2 atom stereocenters. The van der Waals surface area contributed by atoms with Gasteiger partial charge in [-0.1, -0.05) is 6.07 Å². The van der Waals surface area contributed by atoms with Crippen molar-refractivity contribution in [1.29, 1.82) is 0 Å². The molecule has 3 rings (SSSR count). The van der Waals surface area contributed by atoms with Crippen LogP contribution in [-0.2, 0) is 11.3 Å². The van der Waals surface area contributed by atoms with Gasteiger partial charge in [0.15, 0.2) is 0 Å². The van der Waals surface area contributed by atoms with Crippen LogP contribution >= 0.6 is 0 Å². The van der Waals surface area contributed by atoms with E-state index in [0.29, 0.717) is 31.5 Å². The quantitative estimate of drug-likeness (QED) is 0.920. The number of aliphatic carboxylic acids is 1. The second-order valence-corrected chi connectivity index (χ2v) is 7.20. The number of carbonyl (C=O) groups is 1. The highest BCUT2D eigenvalue weighted by molar-refractivity contribution is 5.76. The number of hydrogen-bond acceptors (Lipinski definition) is 3. The van der Waals surface area contributed by atoms with Gasteiger partial charge in [0.05, 0.1) is 5.41 Å². The zero-order valence-electron chi connectivity index (χ0n) is 14.2. The Morgan fingerprint density at radius 2 is 2.08 bits per heavy atom. The number of fused-ring (bicyclic) bond motifs is 1. The largest absolute Gasteiger partial charge is 0.481 e. The molecule has 6 heteroatoms. The van der Waals surface area contributed by atoms with Crippen LogP contribution in [0, 0.1) is 24.0 Å². The van der Waals surface area contributed by atoms with Gasteiger partial charge in [-0.15, -0.1) is 0 Å². The van der Waals surface area contributed by atoms with Crippen molar-refractivity contribution in [2.75, 3.05) is 26.7 Å². The molecule has 24 heavy (non-hydrogen) atoms. The minimum absolute atomic E-state index is 0.0799. The van der Waals surface area contributed by atoms with E-state index < -0.39 is 23.0 Å². The van der Waals surface area contributed by atoms with Crippen molar-refractivity contribution < 1.29 is 18.7 Å². The van der Waals surface area contributed by atoms with Gasteiger partial charge < -0.3 is 10.0 Å². The minimum Gasteiger partial charge on any atom is -0.481 e. The lowest BCUT2D eigenvalue weighted by atomic mass is 9.68. The molecule has 1 aromatic rings. The Labute approximate surface area is 141 Å². The number of likely N-dealkylation sites (N-methyl/N-ethyl adjacent to an activating group) is 1. The van der Waals surface area contributed by atoms with Crippen molar-refractivity contribution in [1.82, 2.24) is 9.80 Å². The summed E-state index contributed by atoms with van der Waals surface area (Å²) >= 11 is 0. The molecule has 0 bridgehead atoms. The van der Waals surface area contributed by atoms with E-state index in [1.54, 1.807) is 6.92 Å². The Kier molecular flexibility index (Phi) is 4.62. The van der Waals surface area contributed by atoms with Gasteiger partial charge in [0.25, 0.3) is 0 Å². The topological polar surface area (TPSA) is 43.8 Å². The molecule has 0 aliphatic carbocycles. The lowest BCUT2D eigenvalue weighted by Crippen LogP contribution is -2.62. The number of nitrogens with zero attached hydrogens (tertiary/aromatic N) is 2. The first kappa shape index (κ1) is 17.3. The maximum atomic E-state index is 14.3. The number of halogens is 2. The summed E-state index contributed by atoms with van der Waals surface area (Å²) in [6.07, 6.45) is 2.07. The van der Waals surface area contributed by atoms with Gasteiger partial charge in [0.1, 0.15) is 11.6 Å². The zero-order chi connectivity index (χ0) is 17.5. The molecule has 4 nitrogen and oxygen atoms in total. The Bertz CT molecular complexity index is 652. The third kappa shape index (κ3) is 2.82. The fourth-order valence-corrected chi connectivity index (χ4v) is 4.27. The molecule has 2 fully saturated rings. The van der Waals surface area contributed by atoms with E-state index >= 15 is 0 Å². The number of piperidine rings is 2. The molecule has 0 spiro atoms. The summed E-state index contributed by atoms with van der Waals surface area (Å²) in [5, 5.41) is 9.78. The van der Waals surface area contributed by atoms with Crippen LogP contribution in [0.15, 0.2) is 12.1 Å². The van der Waals surface area contributed by atoms with Crippen molar-refractivity contribution in [2.45, 2.75) is 38.8 Å². The highest BCUT2D eigenvalue weighted by Gasteiger charge is 2.52. The Morgan fingerprint density at radius 1 is 1.33 bits per heavy atom. The van der Waals surface area contributed by atoms with Crippen LogP contribution in [0.3, 0.4) is 0 Å². The summed E-state index contributed by atoms with van der Waals surface area (Å²) in [5.74, 6) is -1.78. The second kappa shape index (κ2) is 6.41. The number of likely N-dealkylation sites (tertiary alicyclic amines) is 2. The molecule has 0 unspecified atom stereocenters. The Balaban J connectivity index is 1.82. The van der Waals surface area contributed by atoms with Gasteiger partial charge in [0.2, 0.25) is 0 Å². The molecule has 1 aromatic carbocycles. The molecular weight excluding hydrogens is 314 g/mol. The van der Waals surface area contributed by atoms with Crippen LogP contribution in [0.1, 0.15) is 30.4 Å². The maximum absolute atomic E-state index is 14.3. The molecule has 1 N–H and O–H groups in total. The zero-order valence-corrected chi connectivity index (χ0v) is 14.2. The van der Waals surface area contributed by atoms with E-state index in [4.69, 9.17) is 0 Å². The van der Waals surface area contributed by atoms with E-state index in [1.807, 2.05) is 11.9 Å². The summed E-state index contributed by atoms with van der Waals surface area (Å²) in [5.41, 5.74) is -0.220. The summed E-state index contributed by atoms with van der Waals surface area (Å²) in [7, 11) is 1.94. The number of carboxylic acid groups (broad SMARTS) is 1. The highest BCUT2D eigenvalue weighted by Crippen LogP contribution is 2.42. The Hall–Kier alpha value is -1.53. The van der Waals surface area contributed by atoms with Crippen molar-refractivity contribution in [3.05, 3.63) is 34.9 Å². The van der Waals surface area contributed by atoms with Gasteiger partial charge in [-0.05, 0) is 58.0 Å². The number of hydrogen-bond donors (Lipinski definition) is 1. The first-order valence-corrected chi connectivity index (χ1v) is 8.44. The number of carboxylic acids is 1. The normalized spacial score (nSPS) is 28.6. The van der Waals surface area contributed by atoms with Gasteiger partial charge in [0, 0.05) is 24.7 Å². The van der Waals surface area contributed by atoms with E-state index in [1.165, 1.54) is 12.1 Å². The fourth-order valence-electron chi connectivity index (χ4n) is 4.27. The summed E-state index contributed by atoms with van der Waals surface area (Å²) in [6.45, 7) is 3.73. The van der Waals surface area contributed by atoms with Crippen LogP contribution < -0.4 is 0 Å². The molecule has 2 aliphatic heterocycles. The molecular formula is C18H24F2N2O2. The monoisotopic (exact) mass is 338 g/mol. The van der Waals surface area contributed by atoms with Crippen molar-refractivity contribution in [3.8, 4) is 0 Å². The highest BCUT2D eigenvalue weighted by atomic mass is 19.1. The molecule has 2 heterocycles. The standard InChI is InChI=1S/C18H24F2N2O2/c1-12-4-5-14(19)13(16(12)20)10-22-9-7-18(17(23)24)6-3-8-21(2)15(18)11-22/h4-5,15H,3,6-11H2,1-2H3,(H,23,24)/t15-,18+/m1/s1. The van der Waals surface area contributed by atoms with Gasteiger partial charge in [-0.3, -0.25) is 9.69 Å². The average Bonchev–Trinajstić information content (AvgIpc) is 2.55. The predicted molar refractivity (Wildman–Crippen MR) is 86.7 cm³/mol. The Morgan fingerprint density at radius 3 is 2.79 bits per heavy atom. The number of aryl methyl sites for hydroxylation is 1. The smallest absolute Gasteiger partial charge is 0.311 e. The third-order valence-corrected chi connectivity index (χ3v) is 5.80. The van der Waals surface area contributed by atoms with Crippen LogP contribution in [0.4, 0.5) is 8.78 Å². The maximum Gasteiger partial charge on any atom is 0.311 e. The second-order valence-electron chi connectivity index (χ2n) is 7.20. The van der Waals surface area contributed by atoms with Crippen LogP contribution in [0.25, 0.3) is 0 Å². The first-order valence-electron chi connectivity index (χ1n) is 8.44. The van der Waals surface area contributed by atoms with Gasteiger partial charge in [-0.2, -0.15) is 0 Å². The van der Waals surface area contributed by atoms with Gasteiger partial charge >= 0.3 is 5.97 Å². The lowest BCUT2D eigenvalue weighted by molar-refractivity contribution is -0.162. The molecule has 0 amide bonds. The van der Waals surface area contributed by atoms with Gasteiger partial charge in [-0.25, -0.2) is 8.78 Å². The SMILES string of the molecule is Cc1ccc(F)c(CN2CC[C@@]3(C(=O)O)CCCN(C)[C@@H]3C2)c1F. The van der Waals surface area contributed by atoms with E-state index in [0.717, 1.165) is 13.0 Å². The van der Waals surface area contributed by atoms with Crippen molar-refractivity contribution >= 4 is 5.97 Å². The number of rotatable bonds is 3. The summed E-state index contributed by atoms with van der Waals surface area (Å²) in [4.78, 5) is 16.0. The lowest BCUT2D eigenvalue weighted by Gasteiger charge is -2.51. The molecule has 2 saturated heterocycles. The molecule has 0 radical (unpaired) electrons. The van der Waals surface area contributed by atoms with Crippen molar-refractivity contribution in [2.24, 2.45) is 5.41 Å². The average molecular weight is 338 g/mol. The van der Waals surface area contributed by atoms with Crippen LogP contribution in [0.5, 0.6) is 0 Å². The molecule has 132 valence electrons. The van der Waals surface area contributed by atoms with Crippen molar-refractivity contribution in [3.63, 3.8) is 0 Å². The van der Waals surface area contributed by atoms with Crippen LogP contribution in [-0.4, -0.2) is 53.6 Å². The first-order chi connectivity index (χ1) is 11.3. The summed E-state index contributed by atoms with van der Waals surface area (Å²) in [6, 6.07) is 2.62. The van der Waals surface area contributed by atoms with Crippen LogP contribution in [0.2, 0.25) is 0 Å². The minimum atomic E-state index is -0.744. The molecule has 0 aromatic heterocycles. The van der Waals surface area contributed by atoms with E-state index in [2.05, 4.69) is 4.90 Å². The predicted octanol–water partition coefficient (Wildman–Crippen LogP) is 2.64.